The van der Waals surface area contributed by atoms with E-state index in [0.717, 1.165) is 0 Å². The van der Waals surface area contributed by atoms with E-state index in [1.165, 1.54) is 0 Å². The van der Waals surface area contributed by atoms with Gasteiger partial charge in [-0.2, -0.15) is 0 Å². The Bertz CT molecular complexity index is 131. The molecule has 6 N–H and O–H groups in total. The summed E-state index contributed by atoms with van der Waals surface area (Å²) in [5.74, 6) is 0. The molecule has 0 bridgehead atoms. The van der Waals surface area contributed by atoms with E-state index in [1.807, 2.05) is 0 Å². The highest BCUT2D eigenvalue weighted by Crippen LogP contribution is 2.26. The predicted molar refractivity (Wildman–Crippen MR) is 44.4 cm³/mol. The number of rotatable bonds is 0. The number of hydrogen-bond acceptors (Lipinski definition) is 2. The van der Waals surface area contributed by atoms with Crippen LogP contribution in [0, 0.1) is 0 Å². The minimum Gasteiger partial charge on any atom is -0.325 e. The van der Waals surface area contributed by atoms with Crippen LogP contribution in [0.25, 0.3) is 0 Å². The topological polar surface area (TPSA) is 121 Å². The van der Waals surface area contributed by atoms with Crippen molar-refractivity contribution in [3.05, 3.63) is 0 Å². The summed E-state index contributed by atoms with van der Waals surface area (Å²) in [6.45, 7) is -7.61. The normalized spacial score (nSPS) is 10.7. The molecule has 6 nitrogen and oxygen atoms in total. The SMILES string of the molecule is F.OP(O)(O)=S.OP(O)(O)=S. The summed E-state index contributed by atoms with van der Waals surface area (Å²) in [6, 6.07) is 0. The monoisotopic (exact) mass is 248 g/mol. The summed E-state index contributed by atoms with van der Waals surface area (Å²) in [6.07, 6.45) is 0. The van der Waals surface area contributed by atoms with Crippen molar-refractivity contribution in [2.75, 3.05) is 0 Å². The first kappa shape index (κ1) is 17.9. The minimum atomic E-state index is -3.81. The van der Waals surface area contributed by atoms with Crippen molar-refractivity contribution < 1.29 is 34.1 Å². The van der Waals surface area contributed by atoms with Crippen molar-refractivity contribution in [1.29, 1.82) is 0 Å². The zero-order chi connectivity index (χ0) is 9.00. The summed E-state index contributed by atoms with van der Waals surface area (Å²) in [4.78, 5) is 45.3. The standard InChI is InChI=1S/FH.2H3O3PS/c;2*1-4(2,3)5/h1H;2*(H3,1,2,3,5). The fraction of sp³-hybridized carbons (Fsp3) is 0. The first-order chi connectivity index (χ1) is 4.00. The Morgan fingerprint density at radius 3 is 0.636 bits per heavy atom. The van der Waals surface area contributed by atoms with Crippen LogP contribution in [0.5, 0.6) is 0 Å². The van der Waals surface area contributed by atoms with Crippen LogP contribution in [0.4, 0.5) is 4.70 Å². The molecule has 0 aromatic heterocycles. The van der Waals surface area contributed by atoms with E-state index < -0.39 is 13.4 Å². The molecule has 0 aliphatic carbocycles. The third-order valence-electron chi connectivity index (χ3n) is 0. The molecule has 0 aromatic rings. The summed E-state index contributed by atoms with van der Waals surface area (Å²) in [7, 11) is 0. The zero-order valence-electron chi connectivity index (χ0n) is 4.80. The van der Waals surface area contributed by atoms with E-state index in [2.05, 4.69) is 23.6 Å². The van der Waals surface area contributed by atoms with E-state index in [9.17, 15) is 0 Å². The molecule has 72 valence electrons. The van der Waals surface area contributed by atoms with Gasteiger partial charge in [-0.25, -0.2) is 0 Å². The van der Waals surface area contributed by atoms with E-state index >= 15 is 0 Å². The molecule has 0 saturated carbocycles. The lowest BCUT2D eigenvalue weighted by Gasteiger charge is -1.88. The van der Waals surface area contributed by atoms with E-state index in [0.29, 0.717) is 0 Å². The molecule has 0 amide bonds. The lowest BCUT2D eigenvalue weighted by atomic mass is 15.8. The van der Waals surface area contributed by atoms with E-state index in [-0.39, 0.29) is 4.70 Å². The van der Waals surface area contributed by atoms with Gasteiger partial charge in [0.05, 0.1) is 0 Å². The van der Waals surface area contributed by atoms with Crippen LogP contribution in [0.1, 0.15) is 0 Å². The Morgan fingerprint density at radius 2 is 0.636 bits per heavy atom. The van der Waals surface area contributed by atoms with Crippen LogP contribution in [0.3, 0.4) is 0 Å². The summed E-state index contributed by atoms with van der Waals surface area (Å²) in [5, 5.41) is 0. The Labute approximate surface area is 71.6 Å². The second kappa shape index (κ2) is 6.50. The average Bonchev–Trinajstić information content (AvgIpc) is 1.12. The van der Waals surface area contributed by atoms with Crippen LogP contribution >= 0.6 is 13.4 Å². The molecule has 0 saturated heterocycles. The Hall–Kier alpha value is 0.990. The molecule has 11 heteroatoms. The second-order valence-corrected chi connectivity index (χ2v) is 6.02. The van der Waals surface area contributed by atoms with Crippen molar-refractivity contribution in [1.82, 2.24) is 0 Å². The van der Waals surface area contributed by atoms with Crippen LogP contribution in [0.2, 0.25) is 0 Å². The predicted octanol–water partition coefficient (Wildman–Crippen LogP) is -1.47. The maximum Gasteiger partial charge on any atom is 0.319 e. The first-order valence-electron chi connectivity index (χ1n) is 1.57. The molecule has 0 aromatic carbocycles. The molecular weight excluding hydrogens is 241 g/mol. The van der Waals surface area contributed by atoms with Crippen LogP contribution in [0.15, 0.2) is 0 Å². The highest BCUT2D eigenvalue weighted by Gasteiger charge is 1.92. The van der Waals surface area contributed by atoms with Crippen LogP contribution in [-0.4, -0.2) is 29.4 Å². The van der Waals surface area contributed by atoms with E-state index in [4.69, 9.17) is 29.4 Å². The highest BCUT2D eigenvalue weighted by molar-refractivity contribution is 8.06. The fourth-order valence-corrected chi connectivity index (χ4v) is 0. The molecule has 0 radical (unpaired) electrons. The molecule has 11 heavy (non-hydrogen) atoms. The van der Waals surface area contributed by atoms with Crippen molar-refractivity contribution in [2.24, 2.45) is 0 Å². The summed E-state index contributed by atoms with van der Waals surface area (Å²) in [5.41, 5.74) is 0. The van der Waals surface area contributed by atoms with Gasteiger partial charge in [-0.15, -0.1) is 0 Å². The van der Waals surface area contributed by atoms with Gasteiger partial charge in [-0.05, 0) is 23.6 Å². The largest absolute Gasteiger partial charge is 0.325 e. The van der Waals surface area contributed by atoms with Crippen molar-refractivity contribution in [3.8, 4) is 0 Å². The first-order valence-corrected chi connectivity index (χ1v) is 6.89. The minimum absolute atomic E-state index is 0. The van der Waals surface area contributed by atoms with Crippen molar-refractivity contribution in [3.63, 3.8) is 0 Å². The van der Waals surface area contributed by atoms with Gasteiger partial charge in [0.25, 0.3) is 0 Å². The van der Waals surface area contributed by atoms with Crippen molar-refractivity contribution in [2.45, 2.75) is 0 Å². The Balaban J connectivity index is -0.000000107. The quantitative estimate of drug-likeness (QED) is 0.287. The van der Waals surface area contributed by atoms with Crippen LogP contribution in [-0.2, 0) is 23.6 Å². The maximum atomic E-state index is 7.56. The third kappa shape index (κ3) is 906. The molecule has 0 atom stereocenters. The molecule has 0 aliphatic rings. The van der Waals surface area contributed by atoms with E-state index in [1.54, 1.807) is 0 Å². The Morgan fingerprint density at radius 1 is 0.636 bits per heavy atom. The summed E-state index contributed by atoms with van der Waals surface area (Å²) < 4.78 is 0. The number of hydrogen-bond donors (Lipinski definition) is 6. The van der Waals surface area contributed by atoms with Gasteiger partial charge in [-0.3, -0.25) is 4.70 Å². The molecule has 0 fully saturated rings. The molecule has 0 rings (SSSR count). The average molecular weight is 248 g/mol. The fourth-order valence-electron chi connectivity index (χ4n) is 0. The Kier molecular flexibility index (Phi) is 10.6. The highest BCUT2D eigenvalue weighted by atomic mass is 32.5. The van der Waals surface area contributed by atoms with Gasteiger partial charge in [0.2, 0.25) is 0 Å². The zero-order valence-corrected chi connectivity index (χ0v) is 8.22. The molecule has 0 aliphatic heterocycles. The van der Waals surface area contributed by atoms with Gasteiger partial charge >= 0.3 is 13.4 Å². The lowest BCUT2D eigenvalue weighted by Crippen LogP contribution is -1.65. The molecular formula is H7FO6P2S2. The summed E-state index contributed by atoms with van der Waals surface area (Å²) >= 11 is 7.21. The molecule has 0 heterocycles. The maximum absolute atomic E-state index is 7.56. The van der Waals surface area contributed by atoms with Gasteiger partial charge in [0.15, 0.2) is 0 Å². The van der Waals surface area contributed by atoms with Gasteiger partial charge in [0.1, 0.15) is 0 Å². The van der Waals surface area contributed by atoms with Gasteiger partial charge in [0, 0.05) is 0 Å². The van der Waals surface area contributed by atoms with Gasteiger partial charge < -0.3 is 29.4 Å². The van der Waals surface area contributed by atoms with Gasteiger partial charge in [-0.1, -0.05) is 0 Å². The number of halogens is 1. The smallest absolute Gasteiger partial charge is 0.319 e. The van der Waals surface area contributed by atoms with Crippen LogP contribution < -0.4 is 0 Å². The molecule has 0 spiro atoms. The second-order valence-electron chi connectivity index (χ2n) is 1.03. The molecule has 0 unspecified atom stereocenters. The van der Waals surface area contributed by atoms with Crippen molar-refractivity contribution >= 4 is 37.1 Å². The third-order valence-corrected chi connectivity index (χ3v) is 0. The lowest BCUT2D eigenvalue weighted by molar-refractivity contribution is 0.361.